The summed E-state index contributed by atoms with van der Waals surface area (Å²) in [4.78, 5) is 21.6. The van der Waals surface area contributed by atoms with Crippen LogP contribution in [-0.4, -0.2) is 52.6 Å². The van der Waals surface area contributed by atoms with E-state index in [1.165, 1.54) is 6.07 Å². The number of amides is 1. The normalized spacial score (nSPS) is 22.5. The van der Waals surface area contributed by atoms with Crippen LogP contribution in [0.5, 0.6) is 5.88 Å². The highest BCUT2D eigenvalue weighted by Gasteiger charge is 2.46. The molecule has 1 saturated heterocycles. The lowest BCUT2D eigenvalue weighted by molar-refractivity contribution is -0.0526. The van der Waals surface area contributed by atoms with Crippen LogP contribution in [0.25, 0.3) is 16.7 Å². The summed E-state index contributed by atoms with van der Waals surface area (Å²) in [5, 5.41) is 0.840. The largest absolute Gasteiger partial charge is 0.417 e. The topological polar surface area (TPSA) is 76.6 Å². The lowest BCUT2D eigenvalue weighted by atomic mass is 10.1. The van der Waals surface area contributed by atoms with Gasteiger partial charge in [0.1, 0.15) is 5.65 Å². The van der Waals surface area contributed by atoms with Gasteiger partial charge in [-0.25, -0.2) is 0 Å². The zero-order valence-electron chi connectivity index (χ0n) is 21.7. The van der Waals surface area contributed by atoms with E-state index in [-0.39, 0.29) is 23.9 Å². The first-order valence-corrected chi connectivity index (χ1v) is 13.3. The number of halogens is 2. The minimum Gasteiger partial charge on any atom is -0.417 e. The molecule has 3 fully saturated rings. The van der Waals surface area contributed by atoms with Gasteiger partial charge in [-0.1, -0.05) is 6.58 Å². The maximum absolute atomic E-state index is 13.3. The van der Waals surface area contributed by atoms with E-state index >= 15 is 0 Å². The second-order valence-corrected chi connectivity index (χ2v) is 11.0. The zero-order chi connectivity index (χ0) is 26.7. The van der Waals surface area contributed by atoms with Gasteiger partial charge in [-0.2, -0.15) is 13.8 Å². The molecule has 1 aliphatic heterocycles. The minimum atomic E-state index is -2.93. The Morgan fingerprint density at radius 1 is 1.21 bits per heavy atom. The maximum atomic E-state index is 13.3. The molecule has 2 unspecified atom stereocenters. The van der Waals surface area contributed by atoms with Gasteiger partial charge < -0.3 is 24.8 Å². The number of aryl methyl sites for hydroxylation is 1. The van der Waals surface area contributed by atoms with E-state index in [2.05, 4.69) is 20.9 Å². The molecule has 38 heavy (non-hydrogen) atoms. The smallest absolute Gasteiger partial charge is 0.388 e. The average molecular weight is 522 g/mol. The number of rotatable bonds is 8. The molecular weight excluding hydrogens is 488 g/mol. The van der Waals surface area contributed by atoms with Crippen LogP contribution in [0.3, 0.4) is 0 Å². The summed E-state index contributed by atoms with van der Waals surface area (Å²) in [6.07, 6.45) is 4.35. The van der Waals surface area contributed by atoms with Gasteiger partial charge in [0, 0.05) is 54.9 Å². The number of carbonyl (C=O) groups is 1. The Morgan fingerprint density at radius 2 is 2.00 bits per heavy atom. The summed E-state index contributed by atoms with van der Waals surface area (Å²) >= 11 is 0. The number of hydrogen-bond acceptors (Lipinski definition) is 5. The maximum Gasteiger partial charge on any atom is 0.388 e. The number of alkyl halides is 2. The van der Waals surface area contributed by atoms with E-state index < -0.39 is 6.61 Å². The van der Waals surface area contributed by atoms with Crippen molar-refractivity contribution < 1.29 is 18.3 Å². The predicted octanol–water partition coefficient (Wildman–Crippen LogP) is 5.02. The van der Waals surface area contributed by atoms with Gasteiger partial charge in [0.05, 0.1) is 11.4 Å². The van der Waals surface area contributed by atoms with Gasteiger partial charge in [0.25, 0.3) is 5.91 Å². The summed E-state index contributed by atoms with van der Waals surface area (Å²) in [7, 11) is 1.95. The van der Waals surface area contributed by atoms with Gasteiger partial charge in [-0.15, -0.1) is 0 Å². The second-order valence-electron chi connectivity index (χ2n) is 11.0. The van der Waals surface area contributed by atoms with E-state index in [0.717, 1.165) is 66.8 Å². The number of nitrogens with two attached hydrogens (primary N) is 1. The SMILES string of the molecule is C=C(c1cc2ccc(OC(F)F)nc2n1CC1CC1)N(C)c1ccc(C(=O)N2C[C@H]3CCC2C3N)cc1C. The number of ether oxygens (including phenoxy) is 1. The molecule has 200 valence electrons. The molecule has 3 aromatic rings. The van der Waals surface area contributed by atoms with Crippen LogP contribution in [-0.2, 0) is 6.54 Å². The molecule has 3 heterocycles. The van der Waals surface area contributed by atoms with Crippen molar-refractivity contribution in [2.45, 2.75) is 57.8 Å². The molecule has 0 spiro atoms. The van der Waals surface area contributed by atoms with Crippen molar-refractivity contribution >= 4 is 28.3 Å². The third-order valence-electron chi connectivity index (χ3n) is 8.49. The molecule has 2 N–H and O–H groups in total. The molecule has 2 aliphatic carbocycles. The second kappa shape index (κ2) is 9.38. The molecule has 3 atom stereocenters. The molecular formula is C29H33F2N5O2. The van der Waals surface area contributed by atoms with Crippen molar-refractivity contribution in [3.63, 3.8) is 0 Å². The fourth-order valence-electron chi connectivity index (χ4n) is 6.18. The number of pyridine rings is 1. The van der Waals surface area contributed by atoms with E-state index in [9.17, 15) is 13.6 Å². The van der Waals surface area contributed by atoms with Gasteiger partial charge in [-0.3, -0.25) is 4.79 Å². The van der Waals surface area contributed by atoms with Crippen molar-refractivity contribution in [3.05, 3.63) is 59.8 Å². The first kappa shape index (κ1) is 24.9. The van der Waals surface area contributed by atoms with Crippen molar-refractivity contribution in [2.75, 3.05) is 18.5 Å². The Labute approximate surface area is 220 Å². The van der Waals surface area contributed by atoms with Crippen molar-refractivity contribution in [3.8, 4) is 5.88 Å². The van der Waals surface area contributed by atoms with Crippen LogP contribution in [0.15, 0.2) is 43.0 Å². The summed E-state index contributed by atoms with van der Waals surface area (Å²) in [6.45, 7) is 4.93. The number of fused-ring (bicyclic) bond motifs is 3. The Balaban J connectivity index is 1.27. The molecule has 7 nitrogen and oxygen atoms in total. The molecule has 0 radical (unpaired) electrons. The predicted molar refractivity (Wildman–Crippen MR) is 143 cm³/mol. The van der Waals surface area contributed by atoms with E-state index in [1.807, 2.05) is 48.0 Å². The molecule has 1 amide bonds. The highest BCUT2D eigenvalue weighted by molar-refractivity contribution is 5.96. The fraction of sp³-hybridized carbons (Fsp3) is 0.448. The molecule has 9 heteroatoms. The van der Waals surface area contributed by atoms with Gasteiger partial charge >= 0.3 is 6.61 Å². The first-order valence-electron chi connectivity index (χ1n) is 13.3. The Morgan fingerprint density at radius 3 is 2.63 bits per heavy atom. The fourth-order valence-corrected chi connectivity index (χ4v) is 6.18. The number of aromatic nitrogens is 2. The van der Waals surface area contributed by atoms with Crippen molar-refractivity contribution in [1.82, 2.24) is 14.5 Å². The average Bonchev–Trinajstić information content (AvgIpc) is 3.46. The van der Waals surface area contributed by atoms with E-state index in [0.29, 0.717) is 23.0 Å². The molecule has 1 aromatic carbocycles. The van der Waals surface area contributed by atoms with Gasteiger partial charge in [0.15, 0.2) is 0 Å². The quantitative estimate of drug-likeness (QED) is 0.450. The first-order chi connectivity index (χ1) is 18.2. The molecule has 2 aromatic heterocycles. The highest BCUT2D eigenvalue weighted by atomic mass is 19.3. The summed E-state index contributed by atoms with van der Waals surface area (Å²) in [6, 6.07) is 11.2. The standard InChI is InChI=1S/C29H33F2N5O2/c1-16-12-20(28(37)36-15-21-7-10-23(36)26(21)32)6-9-22(16)34(3)17(2)24-13-19-8-11-25(38-29(30)31)33-27(19)35(24)14-18-4-5-18/h6,8-9,11-13,18,21,23,26,29H,2,4-5,7,10,14-15,32H2,1,3H3/t21-,23?,26?/m1/s1. The third kappa shape index (κ3) is 4.32. The van der Waals surface area contributed by atoms with Crippen LogP contribution in [0, 0.1) is 18.8 Å². The van der Waals surface area contributed by atoms with Crippen LogP contribution in [0.4, 0.5) is 14.5 Å². The van der Waals surface area contributed by atoms with Crippen LogP contribution in [0.2, 0.25) is 0 Å². The number of benzene rings is 1. The van der Waals surface area contributed by atoms with Crippen molar-refractivity contribution in [1.29, 1.82) is 0 Å². The van der Waals surface area contributed by atoms with Crippen LogP contribution < -0.4 is 15.4 Å². The minimum absolute atomic E-state index is 0.0428. The highest BCUT2D eigenvalue weighted by Crippen LogP contribution is 2.39. The van der Waals surface area contributed by atoms with Gasteiger partial charge in [0.2, 0.25) is 5.88 Å². The molecule has 2 saturated carbocycles. The monoisotopic (exact) mass is 521 g/mol. The summed E-state index contributed by atoms with van der Waals surface area (Å²) in [5.41, 5.74) is 11.1. The van der Waals surface area contributed by atoms with Gasteiger partial charge in [-0.05, 0) is 80.3 Å². The Kier molecular flexibility index (Phi) is 6.13. The van der Waals surface area contributed by atoms with Crippen molar-refractivity contribution in [2.24, 2.45) is 17.6 Å². The third-order valence-corrected chi connectivity index (χ3v) is 8.49. The lowest BCUT2D eigenvalue weighted by Gasteiger charge is -2.28. The Hall–Kier alpha value is -3.46. The van der Waals surface area contributed by atoms with Crippen LogP contribution >= 0.6 is 0 Å². The molecule has 3 aliphatic rings. The zero-order valence-corrected chi connectivity index (χ0v) is 21.7. The number of nitrogens with zero attached hydrogens (tertiary/aromatic N) is 4. The van der Waals surface area contributed by atoms with E-state index in [4.69, 9.17) is 5.73 Å². The Bertz CT molecular complexity index is 1420. The lowest BCUT2D eigenvalue weighted by Crippen LogP contribution is -2.41. The molecule has 6 rings (SSSR count). The number of piperidine rings is 1. The number of carbonyl (C=O) groups excluding carboxylic acids is 1. The number of likely N-dealkylation sites (tertiary alicyclic amines) is 1. The van der Waals surface area contributed by atoms with E-state index in [1.54, 1.807) is 6.07 Å². The number of anilines is 1. The summed E-state index contributed by atoms with van der Waals surface area (Å²) < 4.78 is 32.2. The van der Waals surface area contributed by atoms with Crippen LogP contribution in [0.1, 0.15) is 47.3 Å². The summed E-state index contributed by atoms with van der Waals surface area (Å²) in [5.74, 6) is 0.885. The molecule has 2 bridgehead atoms. The number of hydrogen-bond donors (Lipinski definition) is 1.